The van der Waals surface area contributed by atoms with Gasteiger partial charge in [0.1, 0.15) is 11.5 Å². The average molecular weight is 572 g/mol. The topological polar surface area (TPSA) is 27.7 Å². The molecule has 2 rings (SSSR count). The Balaban J connectivity index is 2.17. The van der Waals surface area contributed by atoms with Crippen LogP contribution in [0.3, 0.4) is 0 Å². The molecule has 0 saturated heterocycles. The van der Waals surface area contributed by atoms with Crippen molar-refractivity contribution < 1.29 is 31.8 Å². The summed E-state index contributed by atoms with van der Waals surface area (Å²) in [5, 5.41) is 0. The number of alkyl halides is 4. The normalized spacial score (nSPS) is 12.5. The maximum atomic E-state index is 12.8. The van der Waals surface area contributed by atoms with Crippen LogP contribution in [0.5, 0.6) is 11.5 Å². The first-order valence-electron chi connectivity index (χ1n) is 9.39. The molecule has 0 N–H and O–H groups in total. The third-order valence-corrected chi connectivity index (χ3v) is 5.69. The van der Waals surface area contributed by atoms with Crippen LogP contribution in [-0.2, 0) is 15.6 Å². The summed E-state index contributed by atoms with van der Waals surface area (Å²) in [5.74, 6) is 0.135. The Morgan fingerprint density at radius 3 is 1.39 bits per heavy atom. The molecule has 0 saturated carbocycles. The Morgan fingerprint density at radius 1 is 0.710 bits per heavy atom. The van der Waals surface area contributed by atoms with E-state index < -0.39 is 24.1 Å². The summed E-state index contributed by atoms with van der Waals surface area (Å²) in [6.07, 6.45) is 0. The van der Waals surface area contributed by atoms with Crippen LogP contribution < -0.4 is 9.47 Å². The molecule has 0 aliphatic carbocycles. The van der Waals surface area contributed by atoms with Crippen LogP contribution in [0.15, 0.2) is 45.3 Å². The highest BCUT2D eigenvalue weighted by Crippen LogP contribution is 2.37. The van der Waals surface area contributed by atoms with Gasteiger partial charge in [0.25, 0.3) is 0 Å². The molecule has 9 heteroatoms. The van der Waals surface area contributed by atoms with Crippen LogP contribution in [0.4, 0.5) is 17.6 Å². The molecule has 172 valence electrons. The quantitative estimate of drug-likeness (QED) is 0.274. The number of hydrogen-bond donors (Lipinski definition) is 0. The van der Waals surface area contributed by atoms with Crippen molar-refractivity contribution in [3.63, 3.8) is 0 Å². The Kier molecular flexibility index (Phi) is 8.81. The monoisotopic (exact) mass is 570 g/mol. The van der Waals surface area contributed by atoms with Crippen molar-refractivity contribution in [1.82, 2.24) is 0 Å². The summed E-state index contributed by atoms with van der Waals surface area (Å²) in [6, 6.07) is 9.88. The summed E-state index contributed by atoms with van der Waals surface area (Å²) < 4.78 is 67.9. The van der Waals surface area contributed by atoms with Gasteiger partial charge >= 0.3 is 13.2 Å². The molecule has 0 spiro atoms. The molecule has 0 amide bonds. The Labute approximate surface area is 196 Å². The van der Waals surface area contributed by atoms with E-state index in [2.05, 4.69) is 41.3 Å². The number of rotatable bonds is 10. The van der Waals surface area contributed by atoms with E-state index in [1.54, 1.807) is 24.3 Å². The minimum absolute atomic E-state index is 0.0674. The summed E-state index contributed by atoms with van der Waals surface area (Å²) in [7, 11) is 0. The lowest BCUT2D eigenvalue weighted by Gasteiger charge is -2.31. The van der Waals surface area contributed by atoms with Crippen LogP contribution in [0, 0.1) is 0 Å². The van der Waals surface area contributed by atoms with E-state index in [0.29, 0.717) is 20.1 Å². The van der Waals surface area contributed by atoms with Crippen molar-refractivity contribution in [2.24, 2.45) is 0 Å². The Hall–Kier alpha value is -1.32. The number of ether oxygens (including phenoxy) is 3. The first-order valence-corrected chi connectivity index (χ1v) is 11.0. The number of hydrogen-bond acceptors (Lipinski definition) is 3. The zero-order valence-corrected chi connectivity index (χ0v) is 20.7. The molecule has 0 aliphatic heterocycles. The second-order valence-electron chi connectivity index (χ2n) is 8.30. The summed E-state index contributed by atoms with van der Waals surface area (Å²) in [5.41, 5.74) is -0.162. The van der Waals surface area contributed by atoms with Crippen LogP contribution in [0.1, 0.15) is 38.8 Å². The molecule has 0 unspecified atom stereocenters. The van der Waals surface area contributed by atoms with Crippen molar-refractivity contribution >= 4 is 31.9 Å². The fourth-order valence-electron chi connectivity index (χ4n) is 3.21. The molecule has 0 aliphatic rings. The second kappa shape index (κ2) is 10.5. The highest BCUT2D eigenvalue weighted by Gasteiger charge is 2.30. The summed E-state index contributed by atoms with van der Waals surface area (Å²) in [4.78, 5) is 0. The molecular formula is C22H24Br2F4O3. The maximum absolute atomic E-state index is 12.8. The predicted octanol–water partition coefficient (Wildman–Crippen LogP) is 7.69. The average Bonchev–Trinajstić information content (AvgIpc) is 2.59. The van der Waals surface area contributed by atoms with Gasteiger partial charge in [-0.3, -0.25) is 0 Å². The second-order valence-corrected chi connectivity index (χ2v) is 10.1. The molecule has 0 heterocycles. The van der Waals surface area contributed by atoms with E-state index in [1.807, 2.05) is 27.7 Å². The van der Waals surface area contributed by atoms with E-state index in [9.17, 15) is 17.6 Å². The van der Waals surface area contributed by atoms with Gasteiger partial charge in [0.05, 0.1) is 13.2 Å². The first-order chi connectivity index (χ1) is 14.3. The molecular weight excluding hydrogens is 548 g/mol. The van der Waals surface area contributed by atoms with Crippen LogP contribution in [0.25, 0.3) is 0 Å². The minimum Gasteiger partial charge on any atom is -0.434 e. The van der Waals surface area contributed by atoms with Gasteiger partial charge in [-0.1, -0.05) is 71.7 Å². The molecule has 0 radical (unpaired) electrons. The lowest BCUT2D eigenvalue weighted by molar-refractivity contribution is -0.0515. The van der Waals surface area contributed by atoms with Crippen molar-refractivity contribution in [1.29, 1.82) is 0 Å². The number of benzene rings is 2. The van der Waals surface area contributed by atoms with Crippen molar-refractivity contribution in [3.8, 4) is 11.5 Å². The molecule has 31 heavy (non-hydrogen) atoms. The van der Waals surface area contributed by atoms with Crippen LogP contribution in [0.2, 0.25) is 0 Å². The molecule has 2 aromatic carbocycles. The van der Waals surface area contributed by atoms with Crippen molar-refractivity contribution in [3.05, 3.63) is 56.5 Å². The van der Waals surface area contributed by atoms with Crippen molar-refractivity contribution in [2.45, 2.75) is 51.7 Å². The SMILES string of the molecule is CC(C)(COCC(C)(C)c1ccc(Br)cc1OC(F)F)c1ccc(Br)cc1OC(F)F. The summed E-state index contributed by atoms with van der Waals surface area (Å²) >= 11 is 6.52. The van der Waals surface area contributed by atoms with Gasteiger partial charge in [0, 0.05) is 30.9 Å². The molecule has 2 aromatic rings. The van der Waals surface area contributed by atoms with E-state index in [1.165, 1.54) is 12.1 Å². The molecule has 0 fully saturated rings. The zero-order valence-electron chi connectivity index (χ0n) is 17.5. The van der Waals surface area contributed by atoms with E-state index >= 15 is 0 Å². The van der Waals surface area contributed by atoms with E-state index in [0.717, 1.165) is 0 Å². The molecule has 0 aromatic heterocycles. The van der Waals surface area contributed by atoms with Gasteiger partial charge in [-0.05, 0) is 24.3 Å². The van der Waals surface area contributed by atoms with Gasteiger partial charge in [-0.25, -0.2) is 0 Å². The first kappa shape index (κ1) is 25.9. The fourth-order valence-corrected chi connectivity index (χ4v) is 3.89. The summed E-state index contributed by atoms with van der Waals surface area (Å²) in [6.45, 7) is 1.90. The van der Waals surface area contributed by atoms with Gasteiger partial charge in [0.15, 0.2) is 0 Å². The maximum Gasteiger partial charge on any atom is 0.387 e. The van der Waals surface area contributed by atoms with E-state index in [4.69, 9.17) is 4.74 Å². The van der Waals surface area contributed by atoms with Gasteiger partial charge in [-0.2, -0.15) is 17.6 Å². The lowest BCUT2D eigenvalue weighted by atomic mass is 9.83. The zero-order chi connectivity index (χ0) is 23.4. The third kappa shape index (κ3) is 7.36. The largest absolute Gasteiger partial charge is 0.434 e. The van der Waals surface area contributed by atoms with Crippen LogP contribution >= 0.6 is 31.9 Å². The minimum atomic E-state index is -2.95. The number of halogens is 6. The molecule has 0 bridgehead atoms. The Morgan fingerprint density at radius 2 is 1.06 bits per heavy atom. The Bertz CT molecular complexity index is 818. The molecule has 0 atom stereocenters. The van der Waals surface area contributed by atoms with E-state index in [-0.39, 0.29) is 24.7 Å². The van der Waals surface area contributed by atoms with Gasteiger partial charge < -0.3 is 14.2 Å². The predicted molar refractivity (Wildman–Crippen MR) is 118 cm³/mol. The van der Waals surface area contributed by atoms with Gasteiger partial charge in [-0.15, -0.1) is 0 Å². The smallest absolute Gasteiger partial charge is 0.387 e. The van der Waals surface area contributed by atoms with Gasteiger partial charge in [0.2, 0.25) is 0 Å². The third-order valence-electron chi connectivity index (χ3n) is 4.70. The molecule has 3 nitrogen and oxygen atoms in total. The highest BCUT2D eigenvalue weighted by atomic mass is 79.9. The standard InChI is InChI=1S/C22H24Br2F4O3/c1-21(2,15-7-5-13(23)9-17(15)30-19(25)26)11-29-12-22(3,4)16-8-6-14(24)10-18(16)31-20(27)28/h5-10,19-20H,11-12H2,1-4H3. The van der Waals surface area contributed by atoms with Crippen LogP contribution in [-0.4, -0.2) is 26.4 Å². The lowest BCUT2D eigenvalue weighted by Crippen LogP contribution is -2.31. The fraction of sp³-hybridized carbons (Fsp3) is 0.455. The van der Waals surface area contributed by atoms with Crippen molar-refractivity contribution in [2.75, 3.05) is 13.2 Å². The highest BCUT2D eigenvalue weighted by molar-refractivity contribution is 9.10.